The van der Waals surface area contributed by atoms with E-state index in [4.69, 9.17) is 4.74 Å². The van der Waals surface area contributed by atoms with E-state index in [2.05, 4.69) is 16.8 Å². The molecular formula is C30H37N3O5. The molecule has 1 fully saturated rings. The second kappa shape index (κ2) is 12.0. The SMILES string of the molecule is C[C@H](CO)N1C[C@H](C)[C@@H](CN(C)C(=O)Cc2ccccc2)Oc2ncc(C#CC3(O)CCCC3)cc2C1=O. The number of nitrogens with zero attached hydrogens (tertiary/aromatic N) is 3. The number of ether oxygens (including phenoxy) is 1. The van der Waals surface area contributed by atoms with E-state index < -0.39 is 17.7 Å². The van der Waals surface area contributed by atoms with Crippen LogP contribution in [0.1, 0.15) is 61.0 Å². The van der Waals surface area contributed by atoms with Gasteiger partial charge >= 0.3 is 0 Å². The molecule has 2 amide bonds. The Balaban J connectivity index is 1.60. The molecule has 38 heavy (non-hydrogen) atoms. The zero-order valence-electron chi connectivity index (χ0n) is 22.4. The van der Waals surface area contributed by atoms with Crippen LogP contribution in [0.5, 0.6) is 5.88 Å². The Morgan fingerprint density at radius 3 is 2.68 bits per heavy atom. The average Bonchev–Trinajstić information content (AvgIpc) is 3.36. The number of fused-ring (bicyclic) bond motifs is 1. The van der Waals surface area contributed by atoms with Crippen molar-refractivity contribution in [2.24, 2.45) is 5.92 Å². The van der Waals surface area contributed by atoms with Gasteiger partial charge in [0.05, 0.1) is 25.6 Å². The highest BCUT2D eigenvalue weighted by Gasteiger charge is 2.35. The molecule has 0 unspecified atom stereocenters. The number of aliphatic hydroxyl groups excluding tert-OH is 1. The van der Waals surface area contributed by atoms with Crippen LogP contribution in [0.15, 0.2) is 42.6 Å². The van der Waals surface area contributed by atoms with Gasteiger partial charge in [-0.25, -0.2) is 4.98 Å². The number of aromatic nitrogens is 1. The summed E-state index contributed by atoms with van der Waals surface area (Å²) in [6.07, 6.45) is 4.56. The molecule has 2 aliphatic rings. The molecule has 1 aromatic heterocycles. The van der Waals surface area contributed by atoms with Gasteiger partial charge in [-0.05, 0) is 44.2 Å². The topological polar surface area (TPSA) is 103 Å². The first-order chi connectivity index (χ1) is 18.2. The minimum atomic E-state index is -1.00. The third-order valence-corrected chi connectivity index (χ3v) is 7.47. The zero-order valence-corrected chi connectivity index (χ0v) is 22.4. The molecule has 1 saturated carbocycles. The molecule has 4 rings (SSSR count). The van der Waals surface area contributed by atoms with Crippen LogP contribution >= 0.6 is 0 Å². The number of amides is 2. The summed E-state index contributed by atoms with van der Waals surface area (Å²) in [5.41, 5.74) is 0.704. The molecule has 2 heterocycles. The fraction of sp³-hybridized carbons (Fsp3) is 0.500. The fourth-order valence-electron chi connectivity index (χ4n) is 4.94. The summed E-state index contributed by atoms with van der Waals surface area (Å²) in [5.74, 6) is 5.67. The quantitative estimate of drug-likeness (QED) is 0.569. The first-order valence-corrected chi connectivity index (χ1v) is 13.3. The first-order valence-electron chi connectivity index (χ1n) is 13.3. The Labute approximate surface area is 224 Å². The maximum absolute atomic E-state index is 13.6. The molecule has 1 aliphatic heterocycles. The fourth-order valence-corrected chi connectivity index (χ4v) is 4.94. The summed E-state index contributed by atoms with van der Waals surface area (Å²) in [7, 11) is 1.75. The monoisotopic (exact) mass is 519 g/mol. The number of benzene rings is 1. The Morgan fingerprint density at radius 1 is 1.29 bits per heavy atom. The highest BCUT2D eigenvalue weighted by molar-refractivity contribution is 5.97. The second-order valence-electron chi connectivity index (χ2n) is 10.6. The van der Waals surface area contributed by atoms with Gasteiger partial charge in [-0.1, -0.05) is 49.1 Å². The zero-order chi connectivity index (χ0) is 27.3. The Bertz CT molecular complexity index is 1200. The van der Waals surface area contributed by atoms with Crippen molar-refractivity contribution in [3.63, 3.8) is 0 Å². The normalized spacial score (nSPS) is 21.3. The van der Waals surface area contributed by atoms with Crippen molar-refractivity contribution in [3.05, 3.63) is 59.3 Å². The van der Waals surface area contributed by atoms with Crippen LogP contribution in [0, 0.1) is 17.8 Å². The van der Waals surface area contributed by atoms with E-state index in [0.717, 1.165) is 18.4 Å². The minimum Gasteiger partial charge on any atom is -0.472 e. The molecule has 3 atom stereocenters. The van der Waals surface area contributed by atoms with Crippen LogP contribution in [-0.2, 0) is 11.2 Å². The molecule has 2 N–H and O–H groups in total. The van der Waals surface area contributed by atoms with Crippen LogP contribution in [0.2, 0.25) is 0 Å². The maximum Gasteiger partial charge on any atom is 0.259 e. The van der Waals surface area contributed by atoms with Crippen molar-refractivity contribution in [2.45, 2.75) is 63.7 Å². The Morgan fingerprint density at radius 2 is 2.00 bits per heavy atom. The first kappa shape index (κ1) is 27.6. The molecule has 8 heteroatoms. The molecule has 202 valence electrons. The van der Waals surface area contributed by atoms with E-state index in [1.807, 2.05) is 37.3 Å². The number of pyridine rings is 1. The Kier molecular flexibility index (Phi) is 8.70. The molecule has 0 radical (unpaired) electrons. The summed E-state index contributed by atoms with van der Waals surface area (Å²) in [6.45, 7) is 4.25. The van der Waals surface area contributed by atoms with Crippen molar-refractivity contribution in [1.29, 1.82) is 0 Å². The van der Waals surface area contributed by atoms with Gasteiger partial charge in [0.1, 0.15) is 17.3 Å². The van der Waals surface area contributed by atoms with Crippen LogP contribution < -0.4 is 4.74 Å². The van der Waals surface area contributed by atoms with Crippen molar-refractivity contribution >= 4 is 11.8 Å². The predicted octanol–water partition coefficient (Wildman–Crippen LogP) is 2.66. The molecule has 8 nitrogen and oxygen atoms in total. The van der Waals surface area contributed by atoms with E-state index in [9.17, 15) is 19.8 Å². The second-order valence-corrected chi connectivity index (χ2v) is 10.6. The number of rotatable bonds is 6. The molecule has 0 spiro atoms. The lowest BCUT2D eigenvalue weighted by molar-refractivity contribution is -0.130. The lowest BCUT2D eigenvalue weighted by atomic mass is 9.99. The van der Waals surface area contributed by atoms with Crippen LogP contribution in [0.3, 0.4) is 0 Å². The third kappa shape index (κ3) is 6.53. The summed E-state index contributed by atoms with van der Waals surface area (Å²) in [4.78, 5) is 34.2. The standard InChI is InChI=1S/C30H37N3O5/c1-21-18-33(22(2)20-34)29(36)25-15-24(11-14-30(37)12-7-8-13-30)17-31-28(25)38-26(21)19-32(3)27(35)16-23-9-5-4-6-10-23/h4-6,9-10,15,17,21-22,26,34,37H,7-8,12-13,16,18-20H2,1-3H3/t21-,22+,26+/m0/s1. The minimum absolute atomic E-state index is 0.0330. The molecule has 0 saturated heterocycles. The van der Waals surface area contributed by atoms with Gasteiger partial charge in [-0.15, -0.1) is 0 Å². The van der Waals surface area contributed by atoms with Crippen LogP contribution in [0.25, 0.3) is 0 Å². The van der Waals surface area contributed by atoms with E-state index in [1.165, 1.54) is 0 Å². The lowest BCUT2D eigenvalue weighted by Gasteiger charge is -2.37. The highest BCUT2D eigenvalue weighted by atomic mass is 16.5. The molecule has 1 aliphatic carbocycles. The number of likely N-dealkylation sites (N-methyl/N-ethyl adjacent to an activating group) is 1. The van der Waals surface area contributed by atoms with Gasteiger partial charge in [0, 0.05) is 31.3 Å². The predicted molar refractivity (Wildman–Crippen MR) is 143 cm³/mol. The van der Waals surface area contributed by atoms with E-state index in [1.54, 1.807) is 36.0 Å². The number of carbonyl (C=O) groups is 2. The maximum atomic E-state index is 13.6. The van der Waals surface area contributed by atoms with Gasteiger partial charge < -0.3 is 24.7 Å². The van der Waals surface area contributed by atoms with Gasteiger partial charge in [0.25, 0.3) is 5.91 Å². The van der Waals surface area contributed by atoms with E-state index >= 15 is 0 Å². The third-order valence-electron chi connectivity index (χ3n) is 7.47. The molecule has 1 aromatic carbocycles. The molecule has 0 bridgehead atoms. The number of hydrogen-bond acceptors (Lipinski definition) is 6. The van der Waals surface area contributed by atoms with Gasteiger partial charge in [-0.2, -0.15) is 0 Å². The van der Waals surface area contributed by atoms with Crippen molar-refractivity contribution in [2.75, 3.05) is 26.7 Å². The lowest BCUT2D eigenvalue weighted by Crippen LogP contribution is -2.50. The molecule has 2 aromatic rings. The van der Waals surface area contributed by atoms with E-state index in [0.29, 0.717) is 31.5 Å². The smallest absolute Gasteiger partial charge is 0.259 e. The Hall–Kier alpha value is -3.41. The van der Waals surface area contributed by atoms with Crippen molar-refractivity contribution in [3.8, 4) is 17.7 Å². The summed E-state index contributed by atoms with van der Waals surface area (Å²) in [5, 5.41) is 20.5. The van der Waals surface area contributed by atoms with Gasteiger partial charge in [0.15, 0.2) is 0 Å². The number of aliphatic hydroxyl groups is 2. The van der Waals surface area contributed by atoms with Crippen molar-refractivity contribution in [1.82, 2.24) is 14.8 Å². The summed E-state index contributed by atoms with van der Waals surface area (Å²) in [6, 6.07) is 10.8. The van der Waals surface area contributed by atoms with Crippen LogP contribution in [-0.4, -0.2) is 81.3 Å². The van der Waals surface area contributed by atoms with Crippen molar-refractivity contribution < 1.29 is 24.5 Å². The summed E-state index contributed by atoms with van der Waals surface area (Å²) >= 11 is 0. The number of hydrogen-bond donors (Lipinski definition) is 2. The van der Waals surface area contributed by atoms with Gasteiger partial charge in [0.2, 0.25) is 11.8 Å². The highest BCUT2D eigenvalue weighted by Crippen LogP contribution is 2.30. The van der Waals surface area contributed by atoms with E-state index in [-0.39, 0.29) is 42.2 Å². The van der Waals surface area contributed by atoms with Gasteiger partial charge in [-0.3, -0.25) is 9.59 Å². The van der Waals surface area contributed by atoms with Crippen LogP contribution in [0.4, 0.5) is 0 Å². The largest absolute Gasteiger partial charge is 0.472 e. The number of carbonyl (C=O) groups excluding carboxylic acids is 2. The molecular weight excluding hydrogens is 482 g/mol. The summed E-state index contributed by atoms with van der Waals surface area (Å²) < 4.78 is 6.29. The average molecular weight is 520 g/mol.